The molecule has 0 atom stereocenters. The lowest BCUT2D eigenvalue weighted by Crippen LogP contribution is -2.12. The number of hydrogen-bond donors (Lipinski definition) is 2. The van der Waals surface area contributed by atoms with Gasteiger partial charge in [0.2, 0.25) is 0 Å². The molecule has 1 amide bonds. The predicted molar refractivity (Wildman–Crippen MR) is 64.0 cm³/mol. The molecule has 1 aromatic heterocycles. The zero-order chi connectivity index (χ0) is 13.8. The van der Waals surface area contributed by atoms with Crippen LogP contribution < -0.4 is 10.1 Å². The van der Waals surface area contributed by atoms with Crippen molar-refractivity contribution in [3.8, 4) is 5.75 Å². The molecule has 0 radical (unpaired) electrons. The van der Waals surface area contributed by atoms with Crippen LogP contribution >= 0.6 is 0 Å². The Morgan fingerprint density at radius 2 is 2.32 bits per heavy atom. The number of carbonyl (C=O) groups is 1. The molecule has 0 aliphatic carbocycles. The van der Waals surface area contributed by atoms with Crippen molar-refractivity contribution in [3.05, 3.63) is 40.2 Å². The number of H-pyrrole nitrogens is 1. The Hall–Kier alpha value is -2.97. The highest BCUT2D eigenvalue weighted by atomic mass is 16.6. The molecule has 0 aliphatic rings. The van der Waals surface area contributed by atoms with Crippen molar-refractivity contribution in [3.63, 3.8) is 0 Å². The van der Waals surface area contributed by atoms with Gasteiger partial charge in [-0.2, -0.15) is 15.4 Å². The van der Waals surface area contributed by atoms with Gasteiger partial charge in [0.05, 0.1) is 18.2 Å². The second-order valence-corrected chi connectivity index (χ2v) is 3.45. The fourth-order valence-electron chi connectivity index (χ4n) is 1.42. The van der Waals surface area contributed by atoms with E-state index in [-0.39, 0.29) is 22.8 Å². The number of nitrogens with one attached hydrogen (secondary N) is 2. The molecule has 19 heavy (non-hydrogen) atoms. The van der Waals surface area contributed by atoms with Crippen molar-refractivity contribution in [1.29, 1.82) is 0 Å². The van der Waals surface area contributed by atoms with Crippen LogP contribution in [0.5, 0.6) is 5.75 Å². The van der Waals surface area contributed by atoms with Gasteiger partial charge in [0.25, 0.3) is 5.91 Å². The molecule has 0 spiro atoms. The van der Waals surface area contributed by atoms with Gasteiger partial charge in [0, 0.05) is 11.8 Å². The molecule has 1 aromatic carbocycles. The highest BCUT2D eigenvalue weighted by Gasteiger charge is 2.17. The normalized spacial score (nSPS) is 9.95. The van der Waals surface area contributed by atoms with Crippen molar-refractivity contribution in [2.75, 3.05) is 12.4 Å². The van der Waals surface area contributed by atoms with Crippen LogP contribution in [0, 0.1) is 10.1 Å². The number of rotatable bonds is 4. The van der Waals surface area contributed by atoms with Gasteiger partial charge >= 0.3 is 5.69 Å². The fraction of sp³-hybridized carbons (Fsp3) is 0.100. The maximum atomic E-state index is 11.7. The Balaban J connectivity index is 2.24. The lowest BCUT2D eigenvalue weighted by atomic mass is 10.2. The van der Waals surface area contributed by atoms with E-state index in [1.54, 1.807) is 0 Å². The van der Waals surface area contributed by atoms with Gasteiger partial charge in [-0.15, -0.1) is 0 Å². The molecule has 0 bridgehead atoms. The largest absolute Gasteiger partial charge is 0.490 e. The predicted octanol–water partition coefficient (Wildman–Crippen LogP) is 0.974. The van der Waals surface area contributed by atoms with E-state index in [1.807, 2.05) is 0 Å². The Morgan fingerprint density at radius 3 is 2.89 bits per heavy atom. The van der Waals surface area contributed by atoms with Crippen LogP contribution in [0.1, 0.15) is 10.5 Å². The molecule has 9 nitrogen and oxygen atoms in total. The smallest absolute Gasteiger partial charge is 0.312 e. The summed E-state index contributed by atoms with van der Waals surface area (Å²) in [7, 11) is 1.33. The molecule has 9 heteroatoms. The number of aromatic nitrogens is 3. The summed E-state index contributed by atoms with van der Waals surface area (Å²) in [6.07, 6.45) is 1.24. The monoisotopic (exact) mass is 263 g/mol. The second-order valence-electron chi connectivity index (χ2n) is 3.45. The third-order valence-corrected chi connectivity index (χ3v) is 2.28. The van der Waals surface area contributed by atoms with Crippen molar-refractivity contribution >= 4 is 17.3 Å². The highest BCUT2D eigenvalue weighted by molar-refractivity contribution is 6.02. The maximum absolute atomic E-state index is 11.7. The third-order valence-electron chi connectivity index (χ3n) is 2.28. The number of methoxy groups -OCH3 is 1. The Bertz CT molecular complexity index is 610. The van der Waals surface area contributed by atoms with Crippen molar-refractivity contribution in [2.24, 2.45) is 0 Å². The molecular formula is C10H9N5O4. The minimum atomic E-state index is -0.593. The quantitative estimate of drug-likeness (QED) is 0.625. The van der Waals surface area contributed by atoms with Crippen LogP contribution in [0.3, 0.4) is 0 Å². The number of ether oxygens (including phenoxy) is 1. The maximum Gasteiger partial charge on any atom is 0.312 e. The van der Waals surface area contributed by atoms with E-state index in [9.17, 15) is 14.9 Å². The van der Waals surface area contributed by atoms with E-state index in [1.165, 1.54) is 31.5 Å². The lowest BCUT2D eigenvalue weighted by molar-refractivity contribution is -0.385. The first kappa shape index (κ1) is 12.5. The molecule has 98 valence electrons. The number of amides is 1. The number of anilines is 1. The first-order chi connectivity index (χ1) is 9.11. The van der Waals surface area contributed by atoms with Crippen LogP contribution in [0.15, 0.2) is 24.4 Å². The van der Waals surface area contributed by atoms with E-state index in [0.29, 0.717) is 0 Å². The van der Waals surface area contributed by atoms with Gasteiger partial charge in [0.15, 0.2) is 11.4 Å². The first-order valence-corrected chi connectivity index (χ1v) is 5.11. The van der Waals surface area contributed by atoms with E-state index in [4.69, 9.17) is 4.74 Å². The van der Waals surface area contributed by atoms with Gasteiger partial charge < -0.3 is 10.1 Å². The number of carbonyl (C=O) groups excluding carboxylic acids is 1. The second kappa shape index (κ2) is 5.12. The van der Waals surface area contributed by atoms with Crippen LogP contribution in [0.2, 0.25) is 0 Å². The number of nitro benzene ring substituents is 1. The third kappa shape index (κ3) is 2.65. The van der Waals surface area contributed by atoms with Gasteiger partial charge in [-0.1, -0.05) is 0 Å². The number of nitro groups is 1. The minimum Gasteiger partial charge on any atom is -0.490 e. The average Bonchev–Trinajstić information content (AvgIpc) is 2.92. The van der Waals surface area contributed by atoms with E-state index in [2.05, 4.69) is 20.7 Å². The van der Waals surface area contributed by atoms with Crippen LogP contribution in [0.25, 0.3) is 0 Å². The topological polar surface area (TPSA) is 123 Å². The summed E-state index contributed by atoms with van der Waals surface area (Å²) in [6.45, 7) is 0. The zero-order valence-electron chi connectivity index (χ0n) is 9.78. The van der Waals surface area contributed by atoms with E-state index < -0.39 is 10.8 Å². The summed E-state index contributed by atoms with van der Waals surface area (Å²) in [5.41, 5.74) is 0.111. The molecule has 0 aliphatic heterocycles. The minimum absolute atomic E-state index is 0.0819. The molecule has 1 heterocycles. The van der Waals surface area contributed by atoms with Gasteiger partial charge in [0.1, 0.15) is 0 Å². The summed E-state index contributed by atoms with van der Waals surface area (Å²) in [5, 5.41) is 22.7. The molecule has 0 saturated carbocycles. The van der Waals surface area contributed by atoms with Crippen LogP contribution in [0.4, 0.5) is 11.4 Å². The van der Waals surface area contributed by atoms with Gasteiger partial charge in [-0.05, 0) is 12.1 Å². The van der Waals surface area contributed by atoms with Crippen molar-refractivity contribution in [1.82, 2.24) is 15.4 Å². The number of hydrogen-bond acceptors (Lipinski definition) is 6. The molecule has 2 rings (SSSR count). The molecule has 2 N–H and O–H groups in total. The Kier molecular flexibility index (Phi) is 3.37. The average molecular weight is 263 g/mol. The summed E-state index contributed by atoms with van der Waals surface area (Å²) >= 11 is 0. The van der Waals surface area contributed by atoms with Crippen molar-refractivity contribution in [2.45, 2.75) is 0 Å². The summed E-state index contributed by atoms with van der Waals surface area (Å²) in [5.74, 6) is -0.405. The number of aromatic amines is 1. The van der Waals surface area contributed by atoms with Crippen LogP contribution in [-0.4, -0.2) is 33.4 Å². The zero-order valence-corrected chi connectivity index (χ0v) is 9.78. The number of benzene rings is 1. The summed E-state index contributed by atoms with van der Waals surface area (Å²) in [4.78, 5) is 21.9. The van der Waals surface area contributed by atoms with Crippen molar-refractivity contribution < 1.29 is 14.5 Å². The number of nitrogens with zero attached hydrogens (tertiary/aromatic N) is 3. The van der Waals surface area contributed by atoms with Gasteiger partial charge in [-0.25, -0.2) is 0 Å². The SMILES string of the molecule is COc1ccc(NC(=O)c2cn[nH]n2)cc1[N+](=O)[O-]. The van der Waals surface area contributed by atoms with Gasteiger partial charge in [-0.3, -0.25) is 14.9 Å². The Morgan fingerprint density at radius 1 is 1.53 bits per heavy atom. The molecule has 0 fully saturated rings. The first-order valence-electron chi connectivity index (χ1n) is 5.11. The molecular weight excluding hydrogens is 254 g/mol. The molecule has 0 unspecified atom stereocenters. The Labute approximate surface area is 106 Å². The van der Waals surface area contributed by atoms with Crippen LogP contribution in [-0.2, 0) is 0 Å². The summed E-state index contributed by atoms with van der Waals surface area (Å²) < 4.78 is 4.86. The van der Waals surface area contributed by atoms with E-state index in [0.717, 1.165) is 0 Å². The van der Waals surface area contributed by atoms with E-state index >= 15 is 0 Å². The summed E-state index contributed by atoms with van der Waals surface area (Å²) in [6, 6.07) is 4.09. The molecule has 0 saturated heterocycles. The highest BCUT2D eigenvalue weighted by Crippen LogP contribution is 2.29. The fourth-order valence-corrected chi connectivity index (χ4v) is 1.42. The standard InChI is InChI=1S/C10H9N5O4/c1-19-9-3-2-6(4-8(9)15(17)18)12-10(16)7-5-11-14-13-7/h2-5H,1H3,(H,12,16)(H,11,13,14). The molecule has 2 aromatic rings. The lowest BCUT2D eigenvalue weighted by Gasteiger charge is -2.05.